The summed E-state index contributed by atoms with van der Waals surface area (Å²) in [6, 6.07) is 14.5. The summed E-state index contributed by atoms with van der Waals surface area (Å²) in [6.45, 7) is 1.77. The number of amides is 1. The standard InChI is InChI=1S/C18H15Cl2NO2S/c1-18(23,16-8-11-4-2-3-5-15(11)24-16)10-21-17(22)12-6-13(19)9-14(20)7-12/h2-9,23H,10H2,1H3,(H,21,22). The minimum absolute atomic E-state index is 0.0861. The van der Waals surface area contributed by atoms with Crippen molar-refractivity contribution in [2.75, 3.05) is 6.54 Å². The molecule has 0 spiro atoms. The maximum atomic E-state index is 12.3. The second kappa shape index (κ2) is 6.73. The van der Waals surface area contributed by atoms with Crippen molar-refractivity contribution in [3.8, 4) is 0 Å². The average molecular weight is 380 g/mol. The highest BCUT2D eigenvalue weighted by Gasteiger charge is 2.26. The summed E-state index contributed by atoms with van der Waals surface area (Å²) >= 11 is 13.3. The van der Waals surface area contributed by atoms with Crippen LogP contribution in [0.5, 0.6) is 0 Å². The number of carbonyl (C=O) groups is 1. The molecule has 3 rings (SSSR count). The molecule has 2 N–H and O–H groups in total. The molecule has 6 heteroatoms. The summed E-state index contributed by atoms with van der Waals surface area (Å²) in [5, 5.41) is 15.3. The number of nitrogens with one attached hydrogen (secondary N) is 1. The van der Waals surface area contributed by atoms with Crippen molar-refractivity contribution in [1.82, 2.24) is 5.32 Å². The molecule has 0 aliphatic carbocycles. The van der Waals surface area contributed by atoms with Crippen LogP contribution in [0.1, 0.15) is 22.2 Å². The van der Waals surface area contributed by atoms with Crippen molar-refractivity contribution in [3.63, 3.8) is 0 Å². The van der Waals surface area contributed by atoms with Gasteiger partial charge >= 0.3 is 0 Å². The summed E-state index contributed by atoms with van der Waals surface area (Å²) in [7, 11) is 0. The predicted octanol–water partition coefficient (Wildman–Crippen LogP) is 4.85. The molecule has 1 aromatic heterocycles. The van der Waals surface area contributed by atoms with Crippen LogP contribution >= 0.6 is 34.5 Å². The smallest absolute Gasteiger partial charge is 0.251 e. The van der Waals surface area contributed by atoms with E-state index in [-0.39, 0.29) is 12.5 Å². The lowest BCUT2D eigenvalue weighted by Gasteiger charge is -2.22. The summed E-state index contributed by atoms with van der Waals surface area (Å²) in [5.74, 6) is -0.333. The van der Waals surface area contributed by atoms with Crippen molar-refractivity contribution >= 4 is 50.5 Å². The lowest BCUT2D eigenvalue weighted by molar-refractivity contribution is 0.0557. The Hall–Kier alpha value is -1.59. The Morgan fingerprint density at radius 1 is 1.17 bits per heavy atom. The fourth-order valence-corrected chi connectivity index (χ4v) is 4.01. The predicted molar refractivity (Wildman–Crippen MR) is 100 cm³/mol. The van der Waals surface area contributed by atoms with Crippen molar-refractivity contribution in [3.05, 3.63) is 69.0 Å². The third-order valence-corrected chi connectivity index (χ3v) is 5.48. The summed E-state index contributed by atoms with van der Waals surface area (Å²) in [6.07, 6.45) is 0. The topological polar surface area (TPSA) is 49.3 Å². The summed E-state index contributed by atoms with van der Waals surface area (Å²) in [4.78, 5) is 13.1. The molecule has 1 amide bonds. The van der Waals surface area contributed by atoms with Gasteiger partial charge in [-0.05, 0) is 42.6 Å². The van der Waals surface area contributed by atoms with Crippen LogP contribution in [0.4, 0.5) is 0 Å². The molecule has 1 heterocycles. The molecule has 0 radical (unpaired) electrons. The van der Waals surface area contributed by atoms with E-state index in [0.717, 1.165) is 15.0 Å². The number of thiophene rings is 1. The molecule has 0 aliphatic rings. The van der Waals surface area contributed by atoms with Crippen molar-refractivity contribution in [2.45, 2.75) is 12.5 Å². The van der Waals surface area contributed by atoms with Crippen LogP contribution in [0.25, 0.3) is 10.1 Å². The number of carbonyl (C=O) groups excluding carboxylic acids is 1. The van der Waals surface area contributed by atoms with E-state index in [1.54, 1.807) is 13.0 Å². The normalized spacial score (nSPS) is 13.7. The number of hydrogen-bond donors (Lipinski definition) is 2. The summed E-state index contributed by atoms with van der Waals surface area (Å²) < 4.78 is 1.10. The minimum atomic E-state index is -1.16. The third-order valence-electron chi connectivity index (χ3n) is 3.67. The van der Waals surface area contributed by atoms with E-state index in [9.17, 15) is 9.90 Å². The molecule has 2 aromatic carbocycles. The van der Waals surface area contributed by atoms with Gasteiger partial charge < -0.3 is 10.4 Å². The highest BCUT2D eigenvalue weighted by molar-refractivity contribution is 7.19. The highest BCUT2D eigenvalue weighted by Crippen LogP contribution is 2.32. The fourth-order valence-electron chi connectivity index (χ4n) is 2.37. The SMILES string of the molecule is CC(O)(CNC(=O)c1cc(Cl)cc(Cl)c1)c1cc2ccccc2s1. The molecule has 124 valence electrons. The van der Waals surface area contributed by atoms with Gasteiger partial charge in [0.05, 0.1) is 6.54 Å². The molecule has 0 saturated carbocycles. The zero-order valence-corrected chi connectivity index (χ0v) is 15.2. The van der Waals surface area contributed by atoms with Gasteiger partial charge in [0, 0.05) is 25.2 Å². The van der Waals surface area contributed by atoms with E-state index in [1.165, 1.54) is 23.5 Å². The van der Waals surface area contributed by atoms with Gasteiger partial charge in [0.2, 0.25) is 0 Å². The second-order valence-corrected chi connectivity index (χ2v) is 7.72. The zero-order chi connectivity index (χ0) is 17.3. The fraction of sp³-hybridized carbons (Fsp3) is 0.167. The Morgan fingerprint density at radius 3 is 2.50 bits per heavy atom. The van der Waals surface area contributed by atoms with Crippen molar-refractivity contribution in [2.24, 2.45) is 0 Å². The van der Waals surface area contributed by atoms with Gasteiger partial charge in [0.1, 0.15) is 5.60 Å². The molecule has 24 heavy (non-hydrogen) atoms. The largest absolute Gasteiger partial charge is 0.383 e. The van der Waals surface area contributed by atoms with Gasteiger partial charge in [-0.15, -0.1) is 11.3 Å². The van der Waals surface area contributed by atoms with Gasteiger partial charge in [-0.2, -0.15) is 0 Å². The average Bonchev–Trinajstić information content (AvgIpc) is 2.96. The van der Waals surface area contributed by atoms with E-state index in [4.69, 9.17) is 23.2 Å². The van der Waals surface area contributed by atoms with E-state index < -0.39 is 5.60 Å². The van der Waals surface area contributed by atoms with Crippen LogP contribution in [0.3, 0.4) is 0 Å². The molecule has 3 nitrogen and oxygen atoms in total. The van der Waals surface area contributed by atoms with E-state index in [1.807, 2.05) is 30.3 Å². The van der Waals surface area contributed by atoms with Gasteiger partial charge in [-0.25, -0.2) is 0 Å². The lowest BCUT2D eigenvalue weighted by atomic mass is 10.0. The number of benzene rings is 2. The van der Waals surface area contributed by atoms with E-state index in [0.29, 0.717) is 15.6 Å². The Morgan fingerprint density at radius 2 is 1.83 bits per heavy atom. The second-order valence-electron chi connectivity index (χ2n) is 5.76. The Balaban J connectivity index is 1.75. The van der Waals surface area contributed by atoms with E-state index in [2.05, 4.69) is 5.32 Å². The number of rotatable bonds is 4. The Kier molecular flexibility index (Phi) is 4.83. The van der Waals surface area contributed by atoms with Crippen LogP contribution in [0.2, 0.25) is 10.0 Å². The first-order valence-electron chi connectivity index (χ1n) is 7.31. The van der Waals surface area contributed by atoms with Crippen LogP contribution < -0.4 is 5.32 Å². The first kappa shape index (κ1) is 17.2. The molecule has 3 aromatic rings. The molecular formula is C18H15Cl2NO2S. The lowest BCUT2D eigenvalue weighted by Crippen LogP contribution is -2.38. The summed E-state index contributed by atoms with van der Waals surface area (Å²) in [5.41, 5.74) is -0.804. The first-order chi connectivity index (χ1) is 11.3. The Labute approximate surface area is 153 Å². The van der Waals surface area contributed by atoms with Gasteiger partial charge in [0.15, 0.2) is 0 Å². The molecule has 0 fully saturated rings. The van der Waals surface area contributed by atoms with Crippen LogP contribution in [-0.2, 0) is 5.60 Å². The van der Waals surface area contributed by atoms with Gasteiger partial charge in [-0.1, -0.05) is 41.4 Å². The number of hydrogen-bond acceptors (Lipinski definition) is 3. The number of halogens is 2. The number of aliphatic hydroxyl groups is 1. The molecule has 0 saturated heterocycles. The van der Waals surface area contributed by atoms with Crippen LogP contribution in [0.15, 0.2) is 48.5 Å². The quantitative estimate of drug-likeness (QED) is 0.680. The maximum absolute atomic E-state index is 12.3. The Bertz CT molecular complexity index is 852. The molecule has 1 unspecified atom stereocenters. The molecule has 1 atom stereocenters. The monoisotopic (exact) mass is 379 g/mol. The number of fused-ring (bicyclic) bond motifs is 1. The van der Waals surface area contributed by atoms with Gasteiger partial charge in [0.25, 0.3) is 5.91 Å². The molecular weight excluding hydrogens is 365 g/mol. The van der Waals surface area contributed by atoms with Gasteiger partial charge in [-0.3, -0.25) is 4.79 Å². The maximum Gasteiger partial charge on any atom is 0.251 e. The third kappa shape index (κ3) is 3.73. The molecule has 0 bridgehead atoms. The van der Waals surface area contributed by atoms with Crippen LogP contribution in [-0.4, -0.2) is 17.6 Å². The highest BCUT2D eigenvalue weighted by atomic mass is 35.5. The van der Waals surface area contributed by atoms with E-state index >= 15 is 0 Å². The van der Waals surface area contributed by atoms with Crippen molar-refractivity contribution in [1.29, 1.82) is 0 Å². The van der Waals surface area contributed by atoms with Crippen LogP contribution in [0, 0.1) is 0 Å². The van der Waals surface area contributed by atoms with Crippen molar-refractivity contribution < 1.29 is 9.90 Å². The first-order valence-corrected chi connectivity index (χ1v) is 8.88. The molecule has 0 aliphatic heterocycles. The zero-order valence-electron chi connectivity index (χ0n) is 12.8. The minimum Gasteiger partial charge on any atom is -0.383 e.